The van der Waals surface area contributed by atoms with Gasteiger partial charge < -0.3 is 10.5 Å². The second kappa shape index (κ2) is 5.98. The maximum absolute atomic E-state index is 6.27. The fraction of sp³-hybridized carbons (Fsp3) is 0.357. The number of hydrogen-bond acceptors (Lipinski definition) is 4. The van der Waals surface area contributed by atoms with Crippen LogP contribution in [-0.2, 0) is 0 Å². The summed E-state index contributed by atoms with van der Waals surface area (Å²) >= 11 is 1.68. The summed E-state index contributed by atoms with van der Waals surface area (Å²) in [5.74, 6) is 0.791. The first-order chi connectivity index (χ1) is 8.72. The van der Waals surface area contributed by atoms with Gasteiger partial charge in [-0.2, -0.15) is 0 Å². The van der Waals surface area contributed by atoms with E-state index in [9.17, 15) is 0 Å². The molecular weight excluding hydrogens is 244 g/mol. The molecule has 0 saturated heterocycles. The van der Waals surface area contributed by atoms with Gasteiger partial charge in [0.1, 0.15) is 5.75 Å². The van der Waals surface area contributed by atoms with Crippen molar-refractivity contribution in [2.45, 2.75) is 26.3 Å². The molecule has 4 heteroatoms. The van der Waals surface area contributed by atoms with Gasteiger partial charge in [-0.3, -0.25) is 4.98 Å². The molecule has 96 valence electrons. The van der Waals surface area contributed by atoms with Gasteiger partial charge in [0.25, 0.3) is 0 Å². The summed E-state index contributed by atoms with van der Waals surface area (Å²) in [7, 11) is 0. The smallest absolute Gasteiger partial charge is 0.137 e. The van der Waals surface area contributed by atoms with Gasteiger partial charge >= 0.3 is 0 Å². The Morgan fingerprint density at radius 1 is 1.44 bits per heavy atom. The minimum atomic E-state index is -0.123. The molecule has 1 unspecified atom stereocenters. The second-order valence-corrected chi connectivity index (χ2v) is 5.20. The van der Waals surface area contributed by atoms with Crippen molar-refractivity contribution in [1.29, 1.82) is 0 Å². The lowest BCUT2D eigenvalue weighted by Gasteiger charge is -2.12. The van der Waals surface area contributed by atoms with E-state index in [1.165, 1.54) is 10.4 Å². The van der Waals surface area contributed by atoms with E-state index >= 15 is 0 Å². The highest BCUT2D eigenvalue weighted by Gasteiger charge is 2.13. The summed E-state index contributed by atoms with van der Waals surface area (Å²) < 4.78 is 5.58. The van der Waals surface area contributed by atoms with Crippen molar-refractivity contribution in [1.82, 2.24) is 4.98 Å². The number of nitrogens with two attached hydrogens (primary N) is 1. The number of aromatic nitrogens is 1. The van der Waals surface area contributed by atoms with Crippen molar-refractivity contribution in [3.63, 3.8) is 0 Å². The SMILES string of the molecule is CCCOc1cncc(C(N)c2sccc2C)c1. The van der Waals surface area contributed by atoms with Crippen LogP contribution in [0.25, 0.3) is 0 Å². The van der Waals surface area contributed by atoms with Crippen molar-refractivity contribution in [3.05, 3.63) is 45.9 Å². The number of nitrogens with zero attached hydrogens (tertiary/aromatic N) is 1. The van der Waals surface area contributed by atoms with Crippen LogP contribution in [0.5, 0.6) is 5.75 Å². The quantitative estimate of drug-likeness (QED) is 0.899. The highest BCUT2D eigenvalue weighted by molar-refractivity contribution is 7.10. The molecule has 2 rings (SSSR count). The fourth-order valence-electron chi connectivity index (χ4n) is 1.76. The van der Waals surface area contributed by atoms with E-state index in [0.29, 0.717) is 6.61 Å². The first kappa shape index (κ1) is 13.1. The van der Waals surface area contributed by atoms with Crippen LogP contribution in [0.4, 0.5) is 0 Å². The third kappa shape index (κ3) is 2.89. The first-order valence-corrected chi connectivity index (χ1v) is 6.97. The summed E-state index contributed by atoms with van der Waals surface area (Å²) in [5, 5.41) is 2.06. The predicted molar refractivity (Wildman–Crippen MR) is 75.1 cm³/mol. The number of pyridine rings is 1. The Morgan fingerprint density at radius 3 is 2.94 bits per heavy atom. The molecular formula is C14H18N2OS. The van der Waals surface area contributed by atoms with Gasteiger partial charge in [0.05, 0.1) is 18.8 Å². The average Bonchev–Trinajstić information content (AvgIpc) is 2.82. The molecule has 0 amide bonds. The van der Waals surface area contributed by atoms with Gasteiger partial charge in [-0.15, -0.1) is 11.3 Å². The van der Waals surface area contributed by atoms with Gasteiger partial charge in [-0.1, -0.05) is 6.92 Å². The maximum Gasteiger partial charge on any atom is 0.137 e. The highest BCUT2D eigenvalue weighted by atomic mass is 32.1. The van der Waals surface area contributed by atoms with Crippen LogP contribution in [-0.4, -0.2) is 11.6 Å². The Balaban J connectivity index is 2.20. The third-order valence-electron chi connectivity index (χ3n) is 2.75. The number of thiophene rings is 1. The van der Waals surface area contributed by atoms with Crippen LogP contribution in [0.3, 0.4) is 0 Å². The number of rotatable bonds is 5. The molecule has 3 nitrogen and oxygen atoms in total. The van der Waals surface area contributed by atoms with Gasteiger partial charge in [-0.05, 0) is 42.0 Å². The van der Waals surface area contributed by atoms with Crippen LogP contribution in [0.1, 0.15) is 35.4 Å². The van der Waals surface area contributed by atoms with Gasteiger partial charge in [0.15, 0.2) is 0 Å². The van der Waals surface area contributed by atoms with Crippen LogP contribution < -0.4 is 10.5 Å². The van der Waals surface area contributed by atoms with Crippen molar-refractivity contribution in [2.75, 3.05) is 6.61 Å². The van der Waals surface area contributed by atoms with Crippen molar-refractivity contribution in [2.24, 2.45) is 5.73 Å². The molecule has 0 bridgehead atoms. The molecule has 0 aromatic carbocycles. The molecule has 18 heavy (non-hydrogen) atoms. The molecule has 2 heterocycles. The van der Waals surface area contributed by atoms with Gasteiger partial charge in [0, 0.05) is 11.1 Å². The maximum atomic E-state index is 6.27. The zero-order valence-electron chi connectivity index (χ0n) is 10.7. The lowest BCUT2D eigenvalue weighted by Crippen LogP contribution is -2.12. The summed E-state index contributed by atoms with van der Waals surface area (Å²) in [5.41, 5.74) is 8.50. The molecule has 0 fully saturated rings. The van der Waals surface area contributed by atoms with Gasteiger partial charge in [-0.25, -0.2) is 0 Å². The Morgan fingerprint density at radius 2 is 2.28 bits per heavy atom. The molecule has 0 spiro atoms. The van der Waals surface area contributed by atoms with Crippen LogP contribution in [0.15, 0.2) is 29.9 Å². The normalized spacial score (nSPS) is 12.4. The monoisotopic (exact) mass is 262 g/mol. The summed E-state index contributed by atoms with van der Waals surface area (Å²) in [4.78, 5) is 5.38. The second-order valence-electron chi connectivity index (χ2n) is 4.25. The van der Waals surface area contributed by atoms with Crippen molar-refractivity contribution >= 4 is 11.3 Å². The van der Waals surface area contributed by atoms with Crippen molar-refractivity contribution in [3.8, 4) is 5.75 Å². The minimum absolute atomic E-state index is 0.123. The van der Waals surface area contributed by atoms with E-state index < -0.39 is 0 Å². The Kier molecular flexibility index (Phi) is 4.33. The standard InChI is InChI=1S/C14H18N2OS/c1-3-5-17-12-7-11(8-16-9-12)13(15)14-10(2)4-6-18-14/h4,6-9,13H,3,5,15H2,1-2H3. The predicted octanol–water partition coefficient (Wildman–Crippen LogP) is 3.29. The van der Waals surface area contributed by atoms with E-state index in [0.717, 1.165) is 17.7 Å². The third-order valence-corrected chi connectivity index (χ3v) is 3.85. The zero-order valence-corrected chi connectivity index (χ0v) is 11.5. The number of ether oxygens (including phenoxy) is 1. The van der Waals surface area contributed by atoms with Crippen LogP contribution in [0.2, 0.25) is 0 Å². The highest BCUT2D eigenvalue weighted by Crippen LogP contribution is 2.28. The van der Waals surface area contributed by atoms with Crippen LogP contribution in [0, 0.1) is 6.92 Å². The fourth-order valence-corrected chi connectivity index (χ4v) is 2.71. The Hall–Kier alpha value is -1.39. The van der Waals surface area contributed by atoms with Gasteiger partial charge in [0.2, 0.25) is 0 Å². The zero-order chi connectivity index (χ0) is 13.0. The first-order valence-electron chi connectivity index (χ1n) is 6.09. The van der Waals surface area contributed by atoms with Crippen LogP contribution >= 0.6 is 11.3 Å². The molecule has 0 aliphatic rings. The molecule has 2 aromatic heterocycles. The number of aryl methyl sites for hydroxylation is 1. The van der Waals surface area contributed by atoms with E-state index in [4.69, 9.17) is 10.5 Å². The summed E-state index contributed by atoms with van der Waals surface area (Å²) in [6.45, 7) is 4.87. The van der Waals surface area contributed by atoms with Crippen molar-refractivity contribution < 1.29 is 4.74 Å². The van der Waals surface area contributed by atoms with E-state index in [1.54, 1.807) is 17.5 Å². The van der Waals surface area contributed by atoms with E-state index in [1.807, 2.05) is 12.3 Å². The summed E-state index contributed by atoms with van der Waals surface area (Å²) in [6, 6.07) is 3.94. The molecule has 1 atom stereocenters. The molecule has 0 aliphatic heterocycles. The Labute approximate surface area is 112 Å². The summed E-state index contributed by atoms with van der Waals surface area (Å²) in [6.07, 6.45) is 4.52. The molecule has 0 saturated carbocycles. The average molecular weight is 262 g/mol. The number of hydrogen-bond donors (Lipinski definition) is 1. The minimum Gasteiger partial charge on any atom is -0.492 e. The molecule has 2 N–H and O–H groups in total. The molecule has 2 aromatic rings. The topological polar surface area (TPSA) is 48.1 Å². The largest absolute Gasteiger partial charge is 0.492 e. The lowest BCUT2D eigenvalue weighted by molar-refractivity contribution is 0.315. The van der Waals surface area contributed by atoms with E-state index in [-0.39, 0.29) is 6.04 Å². The molecule has 0 radical (unpaired) electrons. The Bertz CT molecular complexity index is 510. The van der Waals surface area contributed by atoms with E-state index in [2.05, 4.69) is 30.3 Å². The lowest BCUT2D eigenvalue weighted by atomic mass is 10.1. The molecule has 0 aliphatic carbocycles.